The molecular formula is C7H16O6. The van der Waals surface area contributed by atoms with Crippen molar-refractivity contribution in [2.45, 2.75) is 13.0 Å². The van der Waals surface area contributed by atoms with E-state index >= 15 is 0 Å². The number of aliphatic hydroxyl groups excluding tert-OH is 3. The molecule has 6 nitrogen and oxygen atoms in total. The lowest BCUT2D eigenvalue weighted by atomic mass is 10.4. The Kier molecular flexibility index (Phi) is 12.9. The van der Waals surface area contributed by atoms with Gasteiger partial charge in [-0.05, 0) is 0 Å². The molecule has 13 heavy (non-hydrogen) atoms. The average molecular weight is 196 g/mol. The van der Waals surface area contributed by atoms with Crippen molar-refractivity contribution < 1.29 is 30.0 Å². The van der Waals surface area contributed by atoms with Crippen LogP contribution in [0.4, 0.5) is 0 Å². The Labute approximate surface area is 76.4 Å². The van der Waals surface area contributed by atoms with Gasteiger partial charge < -0.3 is 25.2 Å². The number of carboxylic acid groups (broad SMARTS) is 1. The molecule has 1 rings (SSSR count). The van der Waals surface area contributed by atoms with Crippen LogP contribution in [0.1, 0.15) is 6.92 Å². The Bertz CT molecular complexity index is 103. The number of aliphatic carboxylic acids is 1. The predicted molar refractivity (Wildman–Crippen MR) is 44.3 cm³/mol. The summed E-state index contributed by atoms with van der Waals surface area (Å²) in [6, 6.07) is 0. The second-order valence-electron chi connectivity index (χ2n) is 2.15. The van der Waals surface area contributed by atoms with E-state index in [1.54, 1.807) is 0 Å². The standard InChI is InChI=1S/C3H8O3.C2H4O2.C2H4O/c4-1-3(6)2-5;1-2(3)4;1-2-3-1/h3-6H,1-2H2;1H3,(H,3,4);1-2H2. The summed E-state index contributed by atoms with van der Waals surface area (Å²) in [5.41, 5.74) is 0. The fourth-order valence-electron chi connectivity index (χ4n) is 0.0577. The Balaban J connectivity index is 0. The van der Waals surface area contributed by atoms with Crippen molar-refractivity contribution in [1.82, 2.24) is 0 Å². The van der Waals surface area contributed by atoms with Gasteiger partial charge in [-0.3, -0.25) is 4.79 Å². The van der Waals surface area contributed by atoms with E-state index in [2.05, 4.69) is 4.74 Å². The monoisotopic (exact) mass is 196 g/mol. The first-order valence-electron chi connectivity index (χ1n) is 3.71. The molecule has 0 aliphatic carbocycles. The van der Waals surface area contributed by atoms with Crippen LogP contribution in [0.3, 0.4) is 0 Å². The number of carboxylic acids is 1. The second-order valence-corrected chi connectivity index (χ2v) is 2.15. The normalized spacial score (nSPS) is 12.1. The van der Waals surface area contributed by atoms with Gasteiger partial charge in [0.1, 0.15) is 6.10 Å². The van der Waals surface area contributed by atoms with Gasteiger partial charge in [-0.2, -0.15) is 0 Å². The number of hydrogen-bond acceptors (Lipinski definition) is 5. The van der Waals surface area contributed by atoms with Gasteiger partial charge in [0.2, 0.25) is 0 Å². The summed E-state index contributed by atoms with van der Waals surface area (Å²) >= 11 is 0. The topological polar surface area (TPSA) is 111 Å². The summed E-state index contributed by atoms with van der Waals surface area (Å²) in [6.07, 6.45) is -0.954. The van der Waals surface area contributed by atoms with E-state index in [1.165, 1.54) is 0 Å². The Morgan fingerprint density at radius 1 is 1.38 bits per heavy atom. The van der Waals surface area contributed by atoms with E-state index < -0.39 is 12.1 Å². The van der Waals surface area contributed by atoms with Crippen LogP contribution < -0.4 is 0 Å². The molecule has 0 aromatic rings. The van der Waals surface area contributed by atoms with E-state index in [1.807, 2.05) is 0 Å². The summed E-state index contributed by atoms with van der Waals surface area (Å²) in [6.45, 7) is 2.35. The molecule has 0 amide bonds. The largest absolute Gasteiger partial charge is 0.481 e. The smallest absolute Gasteiger partial charge is 0.300 e. The molecule has 0 aromatic heterocycles. The number of aliphatic hydroxyl groups is 3. The van der Waals surface area contributed by atoms with E-state index in [9.17, 15) is 0 Å². The first-order valence-corrected chi connectivity index (χ1v) is 3.71. The van der Waals surface area contributed by atoms with Crippen LogP contribution in [0, 0.1) is 0 Å². The van der Waals surface area contributed by atoms with E-state index in [-0.39, 0.29) is 13.2 Å². The van der Waals surface area contributed by atoms with Gasteiger partial charge >= 0.3 is 0 Å². The minimum atomic E-state index is -0.954. The Morgan fingerprint density at radius 2 is 1.62 bits per heavy atom. The molecule has 1 aliphatic rings. The molecule has 0 radical (unpaired) electrons. The summed E-state index contributed by atoms with van der Waals surface area (Å²) in [5, 5.41) is 31.4. The maximum absolute atomic E-state index is 9.00. The van der Waals surface area contributed by atoms with Crippen molar-refractivity contribution in [3.8, 4) is 0 Å². The van der Waals surface area contributed by atoms with Gasteiger partial charge in [0.15, 0.2) is 0 Å². The first-order chi connectivity index (χ1) is 6.04. The van der Waals surface area contributed by atoms with Crippen molar-refractivity contribution in [3.63, 3.8) is 0 Å². The highest BCUT2D eigenvalue weighted by Gasteiger charge is 1.94. The van der Waals surface area contributed by atoms with Gasteiger partial charge in [0, 0.05) is 6.92 Å². The molecule has 0 unspecified atom stereocenters. The number of hydrogen-bond donors (Lipinski definition) is 4. The number of rotatable bonds is 2. The van der Waals surface area contributed by atoms with Crippen molar-refractivity contribution in [2.75, 3.05) is 26.4 Å². The molecule has 80 valence electrons. The zero-order chi connectivity index (χ0) is 10.7. The first kappa shape index (κ1) is 14.8. The molecule has 0 saturated carbocycles. The molecule has 1 heterocycles. The third-order valence-corrected chi connectivity index (χ3v) is 0.626. The molecule has 6 heteroatoms. The van der Waals surface area contributed by atoms with E-state index in [4.69, 9.17) is 25.2 Å². The van der Waals surface area contributed by atoms with Crippen molar-refractivity contribution in [1.29, 1.82) is 0 Å². The number of epoxide rings is 1. The van der Waals surface area contributed by atoms with Gasteiger partial charge in [0.05, 0.1) is 26.4 Å². The van der Waals surface area contributed by atoms with Crippen LogP contribution in [0.2, 0.25) is 0 Å². The maximum Gasteiger partial charge on any atom is 0.300 e. The Hall–Kier alpha value is -0.690. The molecule has 1 aliphatic heterocycles. The van der Waals surface area contributed by atoms with Gasteiger partial charge in [-0.1, -0.05) is 0 Å². The lowest BCUT2D eigenvalue weighted by Crippen LogP contribution is -2.15. The van der Waals surface area contributed by atoms with Crippen LogP contribution in [-0.2, 0) is 9.53 Å². The molecule has 1 fully saturated rings. The zero-order valence-corrected chi connectivity index (χ0v) is 7.51. The number of ether oxygens (including phenoxy) is 1. The van der Waals surface area contributed by atoms with Gasteiger partial charge in [-0.15, -0.1) is 0 Å². The summed E-state index contributed by atoms with van der Waals surface area (Å²) in [7, 11) is 0. The van der Waals surface area contributed by atoms with Crippen LogP contribution in [-0.4, -0.2) is 58.9 Å². The lowest BCUT2D eigenvalue weighted by Gasteiger charge is -1.96. The molecule has 0 aromatic carbocycles. The van der Waals surface area contributed by atoms with Crippen LogP contribution in [0.15, 0.2) is 0 Å². The summed E-state index contributed by atoms with van der Waals surface area (Å²) in [4.78, 5) is 9.00. The molecule has 0 spiro atoms. The third-order valence-electron chi connectivity index (χ3n) is 0.626. The second kappa shape index (κ2) is 11.3. The van der Waals surface area contributed by atoms with Crippen molar-refractivity contribution in [3.05, 3.63) is 0 Å². The third kappa shape index (κ3) is 52.8. The zero-order valence-electron chi connectivity index (χ0n) is 7.51. The quantitative estimate of drug-likeness (QED) is 0.397. The molecule has 1 saturated heterocycles. The minimum absolute atomic E-state index is 0.365. The predicted octanol–water partition coefficient (Wildman–Crippen LogP) is -1.56. The average Bonchev–Trinajstić information content (AvgIpc) is 2.87. The van der Waals surface area contributed by atoms with E-state index in [0.717, 1.165) is 20.1 Å². The fourth-order valence-corrected chi connectivity index (χ4v) is 0.0577. The van der Waals surface area contributed by atoms with E-state index in [0.29, 0.717) is 0 Å². The lowest BCUT2D eigenvalue weighted by molar-refractivity contribution is -0.134. The molecule has 4 N–H and O–H groups in total. The van der Waals surface area contributed by atoms with Gasteiger partial charge in [-0.25, -0.2) is 0 Å². The highest BCUT2D eigenvalue weighted by Crippen LogP contribution is 1.84. The highest BCUT2D eigenvalue weighted by atomic mass is 16.6. The maximum atomic E-state index is 9.00. The Morgan fingerprint density at radius 3 is 1.62 bits per heavy atom. The van der Waals surface area contributed by atoms with Gasteiger partial charge in [0.25, 0.3) is 5.97 Å². The highest BCUT2D eigenvalue weighted by molar-refractivity contribution is 5.62. The van der Waals surface area contributed by atoms with Crippen LogP contribution in [0.25, 0.3) is 0 Å². The van der Waals surface area contributed by atoms with Crippen molar-refractivity contribution in [2.24, 2.45) is 0 Å². The summed E-state index contributed by atoms with van der Waals surface area (Å²) in [5.74, 6) is -0.833. The SMILES string of the molecule is C1CO1.CC(=O)O.OCC(O)CO. The van der Waals surface area contributed by atoms with Crippen molar-refractivity contribution >= 4 is 5.97 Å². The summed E-state index contributed by atoms with van der Waals surface area (Å²) < 4.78 is 4.50. The number of carbonyl (C=O) groups is 1. The molecule has 0 bridgehead atoms. The fraction of sp³-hybridized carbons (Fsp3) is 0.857. The molecular weight excluding hydrogens is 180 g/mol. The van der Waals surface area contributed by atoms with Crippen LogP contribution >= 0.6 is 0 Å². The molecule has 0 atom stereocenters. The minimum Gasteiger partial charge on any atom is -0.481 e. The van der Waals surface area contributed by atoms with Crippen LogP contribution in [0.5, 0.6) is 0 Å².